The fourth-order valence-electron chi connectivity index (χ4n) is 2.08. The van der Waals surface area contributed by atoms with Gasteiger partial charge in [-0.05, 0) is 44.5 Å². The van der Waals surface area contributed by atoms with Gasteiger partial charge >= 0.3 is 0 Å². The predicted octanol–water partition coefficient (Wildman–Crippen LogP) is 2.80. The van der Waals surface area contributed by atoms with Crippen LogP contribution in [0.4, 0.5) is 5.69 Å². The fraction of sp³-hybridized carbons (Fsp3) is 0.500. The lowest BCUT2D eigenvalue weighted by Crippen LogP contribution is -2.38. The van der Waals surface area contributed by atoms with Crippen LogP contribution in [0.15, 0.2) is 12.1 Å². The number of aryl methyl sites for hydroxylation is 1. The fourth-order valence-corrected chi connectivity index (χ4v) is 4.18. The van der Waals surface area contributed by atoms with E-state index >= 15 is 0 Å². The van der Waals surface area contributed by atoms with Crippen molar-refractivity contribution >= 4 is 38.9 Å². The van der Waals surface area contributed by atoms with Crippen LogP contribution in [0.2, 0.25) is 10.0 Å². The smallest absolute Gasteiger partial charge is 0.235 e. The van der Waals surface area contributed by atoms with Gasteiger partial charge in [0.25, 0.3) is 0 Å². The highest BCUT2D eigenvalue weighted by atomic mass is 35.5. The molecule has 0 unspecified atom stereocenters. The number of sulfonamides is 1. The van der Waals surface area contributed by atoms with Crippen molar-refractivity contribution in [3.05, 3.63) is 27.7 Å². The zero-order valence-corrected chi connectivity index (χ0v) is 12.9. The minimum Gasteiger partial charge on any atom is -0.317 e. The molecule has 2 rings (SSSR count). The average Bonchev–Trinajstić information content (AvgIpc) is 2.40. The largest absolute Gasteiger partial charge is 0.317 e. The van der Waals surface area contributed by atoms with E-state index in [4.69, 9.17) is 23.2 Å². The lowest BCUT2D eigenvalue weighted by Gasteiger charge is -2.24. The Kier molecular flexibility index (Phi) is 4.61. The summed E-state index contributed by atoms with van der Waals surface area (Å²) in [5.41, 5.74) is 1.07. The van der Waals surface area contributed by atoms with Crippen LogP contribution in [0.3, 0.4) is 0 Å². The molecular formula is C12H16Cl2N2O2S. The summed E-state index contributed by atoms with van der Waals surface area (Å²) in [6.07, 6.45) is 1.19. The molecule has 106 valence electrons. The van der Waals surface area contributed by atoms with Crippen LogP contribution >= 0.6 is 23.2 Å². The molecule has 19 heavy (non-hydrogen) atoms. The van der Waals surface area contributed by atoms with Gasteiger partial charge < -0.3 is 5.32 Å². The lowest BCUT2D eigenvalue weighted by molar-refractivity contribution is 0.499. The summed E-state index contributed by atoms with van der Waals surface area (Å²) in [4.78, 5) is 0. The maximum absolute atomic E-state index is 12.3. The molecule has 0 aromatic heterocycles. The van der Waals surface area contributed by atoms with Crippen molar-refractivity contribution in [2.24, 2.45) is 0 Å². The van der Waals surface area contributed by atoms with Crippen molar-refractivity contribution in [1.82, 2.24) is 5.32 Å². The molecule has 1 aliphatic rings. The van der Waals surface area contributed by atoms with Gasteiger partial charge in [0.05, 0.1) is 21.0 Å². The van der Waals surface area contributed by atoms with Gasteiger partial charge in [-0.15, -0.1) is 0 Å². The molecule has 1 aromatic carbocycles. The Morgan fingerprint density at radius 2 is 1.89 bits per heavy atom. The van der Waals surface area contributed by atoms with Gasteiger partial charge in [0.15, 0.2) is 0 Å². The van der Waals surface area contributed by atoms with E-state index < -0.39 is 15.3 Å². The highest BCUT2D eigenvalue weighted by Crippen LogP contribution is 2.34. The number of hydrogen-bond acceptors (Lipinski definition) is 3. The topological polar surface area (TPSA) is 58.2 Å². The van der Waals surface area contributed by atoms with Crippen molar-refractivity contribution in [1.29, 1.82) is 0 Å². The molecular weight excluding hydrogens is 307 g/mol. The zero-order valence-electron chi connectivity index (χ0n) is 10.5. The van der Waals surface area contributed by atoms with E-state index in [9.17, 15) is 8.42 Å². The van der Waals surface area contributed by atoms with Gasteiger partial charge in [0.1, 0.15) is 0 Å². The van der Waals surface area contributed by atoms with E-state index in [0.29, 0.717) is 36.0 Å². The SMILES string of the molecule is Cc1ccc(Cl)c(NS(=O)(=O)C2CCNCC2)c1Cl. The third kappa shape index (κ3) is 3.34. The summed E-state index contributed by atoms with van der Waals surface area (Å²) in [5, 5.41) is 3.40. The van der Waals surface area contributed by atoms with Crippen molar-refractivity contribution in [2.75, 3.05) is 17.8 Å². The van der Waals surface area contributed by atoms with Gasteiger partial charge in [-0.3, -0.25) is 4.72 Å². The number of halogens is 2. The first-order valence-electron chi connectivity index (χ1n) is 6.09. The molecule has 0 atom stereocenters. The van der Waals surface area contributed by atoms with Crippen LogP contribution in [0, 0.1) is 6.92 Å². The van der Waals surface area contributed by atoms with Crippen LogP contribution in [-0.4, -0.2) is 26.8 Å². The minimum atomic E-state index is -3.46. The Hall–Kier alpha value is -0.490. The Balaban J connectivity index is 2.27. The summed E-state index contributed by atoms with van der Waals surface area (Å²) in [7, 11) is -3.46. The molecule has 1 heterocycles. The first kappa shape index (κ1) is 14.9. The van der Waals surface area contributed by atoms with Gasteiger partial charge in [0, 0.05) is 0 Å². The molecule has 0 saturated carbocycles. The lowest BCUT2D eigenvalue weighted by atomic mass is 10.2. The van der Waals surface area contributed by atoms with Crippen LogP contribution in [0.5, 0.6) is 0 Å². The number of piperidine rings is 1. The number of hydrogen-bond donors (Lipinski definition) is 2. The molecule has 0 spiro atoms. The van der Waals surface area contributed by atoms with Crippen molar-refractivity contribution in [3.8, 4) is 0 Å². The molecule has 4 nitrogen and oxygen atoms in total. The predicted molar refractivity (Wildman–Crippen MR) is 79.6 cm³/mol. The zero-order chi connectivity index (χ0) is 14.0. The molecule has 1 aromatic rings. The van der Waals surface area contributed by atoms with Crippen molar-refractivity contribution in [2.45, 2.75) is 25.0 Å². The summed E-state index contributed by atoms with van der Waals surface area (Å²) < 4.78 is 27.2. The Bertz CT molecular complexity index is 569. The van der Waals surface area contributed by atoms with Crippen LogP contribution < -0.4 is 10.0 Å². The first-order valence-corrected chi connectivity index (χ1v) is 8.39. The standard InChI is InChI=1S/C12H16Cl2N2O2S/c1-8-2-3-10(13)12(11(8)14)16-19(17,18)9-4-6-15-7-5-9/h2-3,9,15-16H,4-7H2,1H3. The van der Waals surface area contributed by atoms with Gasteiger partial charge in [-0.1, -0.05) is 29.3 Å². The molecule has 1 aliphatic heterocycles. The van der Waals surface area contributed by atoms with Gasteiger partial charge in [0.2, 0.25) is 10.0 Å². The quantitative estimate of drug-likeness (QED) is 0.899. The summed E-state index contributed by atoms with van der Waals surface area (Å²) in [6.45, 7) is 3.22. The maximum Gasteiger partial charge on any atom is 0.235 e. The third-order valence-corrected chi connectivity index (χ3v) is 5.89. The monoisotopic (exact) mass is 322 g/mol. The van der Waals surface area contributed by atoms with Crippen LogP contribution in [0.25, 0.3) is 0 Å². The van der Waals surface area contributed by atoms with E-state index in [2.05, 4.69) is 10.0 Å². The summed E-state index contributed by atoms with van der Waals surface area (Å²) in [5.74, 6) is 0. The van der Waals surface area contributed by atoms with E-state index in [-0.39, 0.29) is 5.69 Å². The minimum absolute atomic E-state index is 0.280. The second-order valence-electron chi connectivity index (χ2n) is 4.65. The average molecular weight is 323 g/mol. The van der Waals surface area contributed by atoms with Crippen LogP contribution in [-0.2, 0) is 10.0 Å². The highest BCUT2D eigenvalue weighted by molar-refractivity contribution is 7.93. The second-order valence-corrected chi connectivity index (χ2v) is 7.40. The molecule has 0 amide bonds. The Morgan fingerprint density at radius 1 is 1.26 bits per heavy atom. The van der Waals surface area contributed by atoms with E-state index in [1.807, 2.05) is 0 Å². The highest BCUT2D eigenvalue weighted by Gasteiger charge is 2.28. The molecule has 2 N–H and O–H groups in total. The molecule has 7 heteroatoms. The summed E-state index contributed by atoms with van der Waals surface area (Å²) in [6, 6.07) is 3.40. The molecule has 1 fully saturated rings. The van der Waals surface area contributed by atoms with Gasteiger partial charge in [-0.2, -0.15) is 0 Å². The first-order chi connectivity index (χ1) is 8.92. The maximum atomic E-state index is 12.3. The van der Waals surface area contributed by atoms with Crippen molar-refractivity contribution in [3.63, 3.8) is 0 Å². The Morgan fingerprint density at radius 3 is 2.53 bits per heavy atom. The molecule has 0 radical (unpaired) electrons. The summed E-state index contributed by atoms with van der Waals surface area (Å²) >= 11 is 12.1. The second kappa shape index (κ2) is 5.87. The molecule has 0 aliphatic carbocycles. The number of rotatable bonds is 3. The van der Waals surface area contributed by atoms with Crippen LogP contribution in [0.1, 0.15) is 18.4 Å². The third-order valence-electron chi connectivity index (χ3n) is 3.25. The number of anilines is 1. The Labute approximate surface area is 123 Å². The number of benzene rings is 1. The van der Waals surface area contributed by atoms with E-state index in [1.54, 1.807) is 19.1 Å². The number of nitrogens with one attached hydrogen (secondary N) is 2. The molecule has 0 bridgehead atoms. The van der Waals surface area contributed by atoms with Crippen molar-refractivity contribution < 1.29 is 8.42 Å². The van der Waals surface area contributed by atoms with E-state index in [1.165, 1.54) is 0 Å². The molecule has 1 saturated heterocycles. The van der Waals surface area contributed by atoms with E-state index in [0.717, 1.165) is 5.56 Å². The normalized spacial score (nSPS) is 17.4. The van der Waals surface area contributed by atoms with Gasteiger partial charge in [-0.25, -0.2) is 8.42 Å².